The Labute approximate surface area is 92.0 Å². The highest BCUT2D eigenvalue weighted by Gasteiger charge is 2.25. The zero-order valence-electron chi connectivity index (χ0n) is 8.08. The van der Waals surface area contributed by atoms with Gasteiger partial charge < -0.3 is 5.11 Å². The van der Waals surface area contributed by atoms with E-state index in [1.807, 2.05) is 0 Å². The van der Waals surface area contributed by atoms with Gasteiger partial charge in [0.1, 0.15) is 10.8 Å². The molecule has 5 nitrogen and oxygen atoms in total. The highest BCUT2D eigenvalue weighted by molar-refractivity contribution is 7.91. The molecule has 0 aliphatic rings. The summed E-state index contributed by atoms with van der Waals surface area (Å²) in [7, 11) is -3.63. The van der Waals surface area contributed by atoms with Crippen LogP contribution in [0, 0.1) is 0 Å². The van der Waals surface area contributed by atoms with E-state index in [2.05, 4.69) is 0 Å². The first-order valence-corrected chi connectivity index (χ1v) is 6.56. The van der Waals surface area contributed by atoms with Gasteiger partial charge in [0.2, 0.25) is 0 Å². The van der Waals surface area contributed by atoms with Crippen molar-refractivity contribution >= 4 is 27.3 Å². The quantitative estimate of drug-likeness (QED) is 0.839. The van der Waals surface area contributed by atoms with Crippen LogP contribution in [-0.2, 0) is 14.8 Å². The lowest BCUT2D eigenvalue weighted by atomic mass is 10.6. The third-order valence-corrected chi connectivity index (χ3v) is 5.05. The average molecular weight is 249 g/mol. The molecule has 0 aromatic carbocycles. The molecule has 1 heterocycles. The molecule has 1 rings (SSSR count). The summed E-state index contributed by atoms with van der Waals surface area (Å²) < 4.78 is 24.8. The van der Waals surface area contributed by atoms with E-state index >= 15 is 0 Å². The number of likely N-dealkylation sites (N-methyl/N-ethyl adjacent to an activating group) is 1. The summed E-state index contributed by atoms with van der Waals surface area (Å²) >= 11 is 1.08. The molecule has 0 unspecified atom stereocenters. The third kappa shape index (κ3) is 2.77. The molecule has 0 spiro atoms. The van der Waals surface area contributed by atoms with E-state index in [0.29, 0.717) is 0 Å². The number of aliphatic carboxylic acids is 1. The number of nitrogens with zero attached hydrogens (tertiary/aromatic N) is 1. The van der Waals surface area contributed by atoms with E-state index in [9.17, 15) is 13.2 Å². The Morgan fingerprint density at radius 1 is 1.60 bits per heavy atom. The van der Waals surface area contributed by atoms with Crippen molar-refractivity contribution in [2.45, 2.75) is 11.1 Å². The molecule has 0 radical (unpaired) electrons. The SMILES string of the molecule is CCN(CC(=O)O)S(=O)(=O)c1cccs1. The molecule has 0 aliphatic carbocycles. The molecule has 0 bridgehead atoms. The molecule has 0 fully saturated rings. The van der Waals surface area contributed by atoms with Crippen LogP contribution >= 0.6 is 11.3 Å². The van der Waals surface area contributed by atoms with Gasteiger partial charge in [0, 0.05) is 6.54 Å². The van der Waals surface area contributed by atoms with Crippen molar-refractivity contribution in [1.82, 2.24) is 4.31 Å². The number of hydrogen-bond acceptors (Lipinski definition) is 4. The van der Waals surface area contributed by atoms with Crippen LogP contribution in [0.25, 0.3) is 0 Å². The Balaban J connectivity index is 2.98. The van der Waals surface area contributed by atoms with Crippen LogP contribution in [0.3, 0.4) is 0 Å². The molecule has 7 heteroatoms. The largest absolute Gasteiger partial charge is 0.480 e. The van der Waals surface area contributed by atoms with E-state index in [-0.39, 0.29) is 10.8 Å². The van der Waals surface area contributed by atoms with E-state index in [0.717, 1.165) is 15.6 Å². The molecule has 0 saturated heterocycles. The second-order valence-electron chi connectivity index (χ2n) is 2.76. The van der Waals surface area contributed by atoms with Gasteiger partial charge in [-0.2, -0.15) is 4.31 Å². The summed E-state index contributed by atoms with van der Waals surface area (Å²) in [5.74, 6) is -1.16. The zero-order valence-corrected chi connectivity index (χ0v) is 9.71. The topological polar surface area (TPSA) is 74.7 Å². The summed E-state index contributed by atoms with van der Waals surface area (Å²) in [6.45, 7) is 1.25. The molecule has 15 heavy (non-hydrogen) atoms. The fourth-order valence-corrected chi connectivity index (χ4v) is 3.60. The van der Waals surface area contributed by atoms with Gasteiger partial charge in [-0.25, -0.2) is 8.42 Å². The van der Waals surface area contributed by atoms with E-state index in [1.165, 1.54) is 6.07 Å². The second-order valence-corrected chi connectivity index (χ2v) is 5.87. The van der Waals surface area contributed by atoms with Gasteiger partial charge >= 0.3 is 5.97 Å². The molecular weight excluding hydrogens is 238 g/mol. The number of thiophene rings is 1. The number of sulfonamides is 1. The predicted octanol–water partition coefficient (Wildman–Crippen LogP) is 0.843. The molecule has 0 aliphatic heterocycles. The lowest BCUT2D eigenvalue weighted by molar-refractivity contribution is -0.137. The number of hydrogen-bond donors (Lipinski definition) is 1. The summed E-state index contributed by atoms with van der Waals surface area (Å²) in [5.41, 5.74) is 0. The van der Waals surface area contributed by atoms with Gasteiger partial charge in [-0.05, 0) is 11.4 Å². The lowest BCUT2D eigenvalue weighted by Crippen LogP contribution is -2.35. The minimum absolute atomic E-state index is 0.145. The Morgan fingerprint density at radius 3 is 2.67 bits per heavy atom. The van der Waals surface area contributed by atoms with Crippen molar-refractivity contribution < 1.29 is 18.3 Å². The summed E-state index contributed by atoms with van der Waals surface area (Å²) in [6, 6.07) is 3.08. The smallest absolute Gasteiger partial charge is 0.318 e. The summed E-state index contributed by atoms with van der Waals surface area (Å²) in [5, 5.41) is 10.2. The van der Waals surface area contributed by atoms with Crippen molar-refractivity contribution in [2.24, 2.45) is 0 Å². The Bertz CT molecular complexity index is 424. The molecule has 0 amide bonds. The van der Waals surface area contributed by atoms with Gasteiger partial charge in [0.15, 0.2) is 0 Å². The molecule has 0 saturated carbocycles. The van der Waals surface area contributed by atoms with Gasteiger partial charge in [-0.1, -0.05) is 13.0 Å². The number of carbonyl (C=O) groups is 1. The van der Waals surface area contributed by atoms with Crippen LogP contribution in [0.15, 0.2) is 21.7 Å². The highest BCUT2D eigenvalue weighted by Crippen LogP contribution is 2.20. The molecular formula is C8H11NO4S2. The highest BCUT2D eigenvalue weighted by atomic mass is 32.2. The van der Waals surface area contributed by atoms with Crippen LogP contribution in [0.2, 0.25) is 0 Å². The number of rotatable bonds is 5. The van der Waals surface area contributed by atoms with E-state index in [1.54, 1.807) is 18.4 Å². The van der Waals surface area contributed by atoms with Gasteiger partial charge in [-0.3, -0.25) is 4.79 Å². The first-order valence-electron chi connectivity index (χ1n) is 4.24. The first-order chi connectivity index (χ1) is 6.98. The third-order valence-electron chi connectivity index (χ3n) is 1.75. The zero-order chi connectivity index (χ0) is 11.5. The van der Waals surface area contributed by atoms with Crippen LogP contribution in [-0.4, -0.2) is 36.9 Å². The second kappa shape index (κ2) is 4.73. The van der Waals surface area contributed by atoms with Crippen LogP contribution in [0.5, 0.6) is 0 Å². The van der Waals surface area contributed by atoms with Gasteiger partial charge in [0.25, 0.3) is 10.0 Å². The first kappa shape index (κ1) is 12.2. The minimum atomic E-state index is -3.63. The standard InChI is InChI=1S/C8H11NO4S2/c1-2-9(6-7(10)11)15(12,13)8-4-3-5-14-8/h3-5H,2,6H2,1H3,(H,10,11). The molecule has 1 N–H and O–H groups in total. The lowest BCUT2D eigenvalue weighted by Gasteiger charge is -2.16. The van der Waals surface area contributed by atoms with E-state index in [4.69, 9.17) is 5.11 Å². The average Bonchev–Trinajstić information content (AvgIpc) is 2.66. The molecule has 84 valence electrons. The molecule has 0 atom stereocenters. The van der Waals surface area contributed by atoms with Crippen molar-refractivity contribution in [1.29, 1.82) is 0 Å². The van der Waals surface area contributed by atoms with E-state index < -0.39 is 22.5 Å². The summed E-state index contributed by atoms with van der Waals surface area (Å²) in [4.78, 5) is 10.5. The number of carboxylic acids is 1. The molecule has 1 aromatic rings. The Hall–Kier alpha value is -0.920. The maximum absolute atomic E-state index is 11.8. The van der Waals surface area contributed by atoms with Crippen LogP contribution in [0.1, 0.15) is 6.92 Å². The predicted molar refractivity (Wildman–Crippen MR) is 56.4 cm³/mol. The Kier molecular flexibility index (Phi) is 3.83. The van der Waals surface area contributed by atoms with Crippen molar-refractivity contribution in [3.8, 4) is 0 Å². The van der Waals surface area contributed by atoms with Gasteiger partial charge in [-0.15, -0.1) is 11.3 Å². The monoisotopic (exact) mass is 249 g/mol. The molecule has 1 aromatic heterocycles. The fraction of sp³-hybridized carbons (Fsp3) is 0.375. The van der Waals surface area contributed by atoms with Crippen LogP contribution in [0.4, 0.5) is 0 Å². The van der Waals surface area contributed by atoms with Crippen molar-refractivity contribution in [3.63, 3.8) is 0 Å². The minimum Gasteiger partial charge on any atom is -0.480 e. The maximum Gasteiger partial charge on any atom is 0.318 e. The van der Waals surface area contributed by atoms with Crippen LogP contribution < -0.4 is 0 Å². The summed E-state index contributed by atoms with van der Waals surface area (Å²) in [6.07, 6.45) is 0. The number of carboxylic acid groups (broad SMARTS) is 1. The normalized spacial score (nSPS) is 11.9. The Morgan fingerprint density at radius 2 is 2.27 bits per heavy atom. The maximum atomic E-state index is 11.8. The fourth-order valence-electron chi connectivity index (χ4n) is 1.06. The van der Waals surface area contributed by atoms with Crippen molar-refractivity contribution in [3.05, 3.63) is 17.5 Å². The van der Waals surface area contributed by atoms with Gasteiger partial charge in [0.05, 0.1) is 0 Å². The van der Waals surface area contributed by atoms with Crippen molar-refractivity contribution in [2.75, 3.05) is 13.1 Å².